The number of benzene rings is 2. The van der Waals surface area contributed by atoms with E-state index in [9.17, 15) is 9.67 Å². The zero-order valence-corrected chi connectivity index (χ0v) is 14.7. The predicted octanol–water partition coefficient (Wildman–Crippen LogP) is 3.77. The van der Waals surface area contributed by atoms with Crippen molar-refractivity contribution in [2.45, 2.75) is 19.2 Å². The summed E-state index contributed by atoms with van der Waals surface area (Å²) in [6.45, 7) is 2.30. The third-order valence-electron chi connectivity index (χ3n) is 3.63. The van der Waals surface area contributed by atoms with Gasteiger partial charge in [-0.05, 0) is 36.2 Å². The van der Waals surface area contributed by atoms with Crippen LogP contribution in [0, 0.1) is 0 Å². The molecule has 0 heterocycles. The normalized spacial score (nSPS) is 15.0. The minimum absolute atomic E-state index is 0.344. The van der Waals surface area contributed by atoms with Gasteiger partial charge in [0.2, 0.25) is 0 Å². The topological polar surface area (TPSA) is 49.8 Å². The largest absolute Gasteiger partial charge is 0.378 e. The molecule has 0 bridgehead atoms. The summed E-state index contributed by atoms with van der Waals surface area (Å²) in [6, 6.07) is 16.3. The second-order valence-electron chi connectivity index (χ2n) is 5.63. The molecule has 0 aliphatic rings. The second-order valence-corrected chi connectivity index (χ2v) is 8.08. The SMILES string of the molecule is CCCO[P@@](=O)(c1ccc(N(C)C)cc1)[C@H](O)c1ccccc1. The molecule has 23 heavy (non-hydrogen) atoms. The first-order valence-electron chi connectivity index (χ1n) is 7.74. The monoisotopic (exact) mass is 333 g/mol. The molecule has 0 unspecified atom stereocenters. The standard InChI is InChI=1S/C18H24NO3P/c1-4-14-22-23(21,18(20)15-8-6-5-7-9-15)17-12-10-16(11-13-17)19(2)3/h5-13,18,20H,4,14H2,1-3H3/t18-,23-/m0/s1. The number of hydrogen-bond acceptors (Lipinski definition) is 4. The Labute approximate surface area is 138 Å². The van der Waals surface area contributed by atoms with E-state index in [1.54, 1.807) is 24.3 Å². The third kappa shape index (κ3) is 4.03. The van der Waals surface area contributed by atoms with Gasteiger partial charge in [-0.2, -0.15) is 0 Å². The molecule has 0 spiro atoms. The van der Waals surface area contributed by atoms with Gasteiger partial charge in [-0.25, -0.2) is 0 Å². The number of hydrogen-bond donors (Lipinski definition) is 1. The van der Waals surface area contributed by atoms with Crippen LogP contribution in [0.25, 0.3) is 0 Å². The first kappa shape index (κ1) is 17.7. The Morgan fingerprint density at radius 3 is 2.22 bits per heavy atom. The Morgan fingerprint density at radius 2 is 1.70 bits per heavy atom. The van der Waals surface area contributed by atoms with Gasteiger partial charge in [0.15, 0.2) is 5.85 Å². The molecule has 4 nitrogen and oxygen atoms in total. The molecule has 2 aromatic carbocycles. The molecule has 0 saturated heterocycles. The van der Waals surface area contributed by atoms with E-state index in [1.165, 1.54) is 0 Å². The van der Waals surface area contributed by atoms with Crippen molar-refractivity contribution in [3.05, 3.63) is 60.2 Å². The predicted molar refractivity (Wildman–Crippen MR) is 95.7 cm³/mol. The molecular weight excluding hydrogens is 309 g/mol. The second kappa shape index (κ2) is 7.78. The molecule has 2 atom stereocenters. The van der Waals surface area contributed by atoms with Crippen molar-refractivity contribution in [3.63, 3.8) is 0 Å². The molecule has 2 rings (SSSR count). The summed E-state index contributed by atoms with van der Waals surface area (Å²) in [7, 11) is 0.477. The molecule has 0 aliphatic carbocycles. The van der Waals surface area contributed by atoms with Crippen LogP contribution in [0.5, 0.6) is 0 Å². The lowest BCUT2D eigenvalue weighted by atomic mass is 10.2. The number of aliphatic hydroxyl groups excluding tert-OH is 1. The summed E-state index contributed by atoms with van der Waals surface area (Å²) in [5, 5.41) is 11.2. The van der Waals surface area contributed by atoms with Crippen molar-refractivity contribution in [1.29, 1.82) is 0 Å². The minimum atomic E-state index is -3.41. The molecule has 0 radical (unpaired) electrons. The van der Waals surface area contributed by atoms with Crippen molar-refractivity contribution in [3.8, 4) is 0 Å². The maximum absolute atomic E-state index is 13.5. The number of anilines is 1. The van der Waals surface area contributed by atoms with E-state index in [4.69, 9.17) is 4.52 Å². The highest BCUT2D eigenvalue weighted by atomic mass is 31.2. The van der Waals surface area contributed by atoms with Crippen molar-refractivity contribution in [1.82, 2.24) is 0 Å². The van der Waals surface area contributed by atoms with Crippen molar-refractivity contribution in [2.24, 2.45) is 0 Å². The van der Waals surface area contributed by atoms with Crippen molar-refractivity contribution < 1.29 is 14.2 Å². The van der Waals surface area contributed by atoms with Crippen LogP contribution in [0.15, 0.2) is 54.6 Å². The van der Waals surface area contributed by atoms with Crippen LogP contribution in [-0.4, -0.2) is 25.8 Å². The maximum Gasteiger partial charge on any atom is 0.264 e. The molecule has 1 N–H and O–H groups in total. The highest BCUT2D eigenvalue weighted by Gasteiger charge is 2.36. The Hall–Kier alpha value is -1.61. The van der Waals surface area contributed by atoms with Gasteiger partial charge in [0.05, 0.1) is 6.61 Å². The lowest BCUT2D eigenvalue weighted by Crippen LogP contribution is -2.16. The van der Waals surface area contributed by atoms with E-state index in [0.29, 0.717) is 17.5 Å². The highest BCUT2D eigenvalue weighted by molar-refractivity contribution is 7.67. The minimum Gasteiger partial charge on any atom is -0.378 e. The van der Waals surface area contributed by atoms with Crippen LogP contribution >= 0.6 is 7.37 Å². The molecule has 0 fully saturated rings. The van der Waals surface area contributed by atoms with Gasteiger partial charge in [0, 0.05) is 25.1 Å². The van der Waals surface area contributed by atoms with E-state index in [0.717, 1.165) is 12.1 Å². The van der Waals surface area contributed by atoms with Gasteiger partial charge in [-0.1, -0.05) is 37.3 Å². The lowest BCUT2D eigenvalue weighted by molar-refractivity contribution is 0.214. The Bertz CT molecular complexity index is 656. The lowest BCUT2D eigenvalue weighted by Gasteiger charge is -2.25. The molecule has 0 aromatic heterocycles. The van der Waals surface area contributed by atoms with Crippen LogP contribution in [0.2, 0.25) is 0 Å². The van der Waals surface area contributed by atoms with E-state index in [-0.39, 0.29) is 0 Å². The van der Waals surface area contributed by atoms with Crippen molar-refractivity contribution >= 4 is 18.4 Å². The Morgan fingerprint density at radius 1 is 1.09 bits per heavy atom. The maximum atomic E-state index is 13.5. The number of nitrogens with zero attached hydrogens (tertiary/aromatic N) is 1. The van der Waals surface area contributed by atoms with Crippen LogP contribution in [0.3, 0.4) is 0 Å². The first-order chi connectivity index (χ1) is 11.0. The van der Waals surface area contributed by atoms with Gasteiger partial charge in [0.25, 0.3) is 7.37 Å². The summed E-state index contributed by atoms with van der Waals surface area (Å²) in [5.74, 6) is -1.17. The van der Waals surface area contributed by atoms with Gasteiger partial charge in [0.1, 0.15) is 0 Å². The zero-order chi connectivity index (χ0) is 16.9. The molecular formula is C18H24NO3P. The molecule has 2 aromatic rings. The zero-order valence-electron chi connectivity index (χ0n) is 13.8. The molecule has 0 saturated carbocycles. The fraction of sp³-hybridized carbons (Fsp3) is 0.333. The first-order valence-corrected chi connectivity index (χ1v) is 9.43. The van der Waals surface area contributed by atoms with Crippen molar-refractivity contribution in [2.75, 3.05) is 25.6 Å². The smallest absolute Gasteiger partial charge is 0.264 e. The number of aliphatic hydroxyl groups is 1. The van der Waals surface area contributed by atoms with Crippen LogP contribution in [0.4, 0.5) is 5.69 Å². The Balaban J connectivity index is 2.40. The summed E-state index contributed by atoms with van der Waals surface area (Å²) >= 11 is 0. The molecule has 124 valence electrons. The fourth-order valence-electron chi connectivity index (χ4n) is 2.29. The quantitative estimate of drug-likeness (QED) is 0.784. The van der Waals surface area contributed by atoms with Crippen LogP contribution < -0.4 is 10.2 Å². The van der Waals surface area contributed by atoms with Gasteiger partial charge >= 0.3 is 0 Å². The van der Waals surface area contributed by atoms with E-state index in [2.05, 4.69) is 0 Å². The van der Waals surface area contributed by atoms with Gasteiger partial charge < -0.3 is 14.5 Å². The summed E-state index contributed by atoms with van der Waals surface area (Å²) in [4.78, 5) is 1.97. The molecule has 0 aliphatic heterocycles. The van der Waals surface area contributed by atoms with Gasteiger partial charge in [-0.3, -0.25) is 4.57 Å². The average molecular weight is 333 g/mol. The van der Waals surface area contributed by atoms with Crippen LogP contribution in [0.1, 0.15) is 24.8 Å². The molecule has 0 amide bonds. The fourth-order valence-corrected chi connectivity index (χ4v) is 4.45. The summed E-state index contributed by atoms with van der Waals surface area (Å²) < 4.78 is 19.1. The van der Waals surface area contributed by atoms with E-state index < -0.39 is 13.2 Å². The van der Waals surface area contributed by atoms with E-state index in [1.807, 2.05) is 56.3 Å². The highest BCUT2D eigenvalue weighted by Crippen LogP contribution is 2.57. The number of rotatable bonds is 7. The Kier molecular flexibility index (Phi) is 6.00. The summed E-state index contributed by atoms with van der Waals surface area (Å²) in [6.07, 6.45) is 0.737. The van der Waals surface area contributed by atoms with Crippen LogP contribution in [-0.2, 0) is 9.09 Å². The average Bonchev–Trinajstić information content (AvgIpc) is 2.59. The third-order valence-corrected chi connectivity index (χ3v) is 6.16. The summed E-state index contributed by atoms with van der Waals surface area (Å²) in [5.41, 5.74) is 1.61. The van der Waals surface area contributed by atoms with E-state index >= 15 is 0 Å². The van der Waals surface area contributed by atoms with Gasteiger partial charge in [-0.15, -0.1) is 0 Å². The molecule has 5 heteroatoms.